The summed E-state index contributed by atoms with van der Waals surface area (Å²) >= 11 is 0. The third-order valence-electron chi connectivity index (χ3n) is 4.42. The molecule has 2 aromatic rings. The van der Waals surface area contributed by atoms with Crippen LogP contribution in [0.2, 0.25) is 0 Å². The summed E-state index contributed by atoms with van der Waals surface area (Å²) in [4.78, 5) is 0. The summed E-state index contributed by atoms with van der Waals surface area (Å²) in [5.41, 5.74) is 3.52. The standard InChI is InChI=1S/C15H19N5/c1-10-2-7-13(20-9-16-18-19-20)8-14(10)17-15(11-3-4-11)12-5-6-12/h2,7-9,11-12,15,17H,3-6H2,1H3. The molecule has 4 rings (SSSR count). The summed E-state index contributed by atoms with van der Waals surface area (Å²) in [6.45, 7) is 2.16. The Hall–Kier alpha value is -1.91. The van der Waals surface area contributed by atoms with Crippen molar-refractivity contribution in [3.8, 4) is 5.69 Å². The van der Waals surface area contributed by atoms with E-state index in [9.17, 15) is 0 Å². The van der Waals surface area contributed by atoms with Gasteiger partial charge in [0.15, 0.2) is 0 Å². The molecule has 5 nitrogen and oxygen atoms in total. The number of rotatable bonds is 5. The highest BCUT2D eigenvalue weighted by molar-refractivity contribution is 5.57. The van der Waals surface area contributed by atoms with Gasteiger partial charge in [-0.1, -0.05) is 6.07 Å². The van der Waals surface area contributed by atoms with E-state index in [2.05, 4.69) is 46.0 Å². The first-order valence-corrected chi connectivity index (χ1v) is 7.42. The molecule has 2 fully saturated rings. The van der Waals surface area contributed by atoms with E-state index in [-0.39, 0.29) is 0 Å². The number of nitrogens with one attached hydrogen (secondary N) is 1. The summed E-state index contributed by atoms with van der Waals surface area (Å²) in [6.07, 6.45) is 7.19. The molecule has 0 atom stereocenters. The highest BCUT2D eigenvalue weighted by atomic mass is 15.5. The zero-order chi connectivity index (χ0) is 13.5. The van der Waals surface area contributed by atoms with Crippen molar-refractivity contribution < 1.29 is 0 Å². The number of benzene rings is 1. The summed E-state index contributed by atoms with van der Waals surface area (Å²) in [7, 11) is 0. The van der Waals surface area contributed by atoms with Crippen molar-refractivity contribution >= 4 is 5.69 Å². The van der Waals surface area contributed by atoms with Crippen molar-refractivity contribution in [1.82, 2.24) is 20.2 Å². The van der Waals surface area contributed by atoms with Gasteiger partial charge >= 0.3 is 0 Å². The summed E-state index contributed by atoms with van der Waals surface area (Å²) in [6, 6.07) is 7.01. The number of hydrogen-bond acceptors (Lipinski definition) is 4. The molecule has 0 radical (unpaired) electrons. The maximum absolute atomic E-state index is 3.96. The molecule has 0 spiro atoms. The van der Waals surface area contributed by atoms with E-state index in [1.807, 2.05) is 0 Å². The molecule has 1 heterocycles. The first-order valence-electron chi connectivity index (χ1n) is 7.42. The van der Waals surface area contributed by atoms with Crippen molar-refractivity contribution in [1.29, 1.82) is 0 Å². The van der Waals surface area contributed by atoms with Crippen LogP contribution in [0.5, 0.6) is 0 Å². The SMILES string of the molecule is Cc1ccc(-n2cnnn2)cc1NC(C1CC1)C1CC1. The molecule has 2 aliphatic carbocycles. The van der Waals surface area contributed by atoms with Crippen LogP contribution in [0.15, 0.2) is 24.5 Å². The van der Waals surface area contributed by atoms with Crippen molar-refractivity contribution in [3.63, 3.8) is 0 Å². The molecule has 0 aliphatic heterocycles. The molecule has 2 aliphatic rings. The zero-order valence-electron chi connectivity index (χ0n) is 11.7. The normalized spacial score (nSPS) is 18.5. The summed E-state index contributed by atoms with van der Waals surface area (Å²) in [5.74, 6) is 1.78. The minimum absolute atomic E-state index is 0.665. The molecule has 1 aromatic heterocycles. The molecule has 5 heteroatoms. The van der Waals surface area contributed by atoms with Crippen LogP contribution in [0.25, 0.3) is 5.69 Å². The first kappa shape index (κ1) is 11.9. The average molecular weight is 269 g/mol. The smallest absolute Gasteiger partial charge is 0.143 e. The van der Waals surface area contributed by atoms with E-state index in [0.717, 1.165) is 17.5 Å². The van der Waals surface area contributed by atoms with E-state index in [0.29, 0.717) is 6.04 Å². The Balaban J connectivity index is 1.61. The molecule has 104 valence electrons. The number of nitrogens with zero attached hydrogens (tertiary/aromatic N) is 4. The Morgan fingerprint density at radius 1 is 1.20 bits per heavy atom. The van der Waals surface area contributed by atoms with Crippen LogP contribution in [0, 0.1) is 18.8 Å². The van der Waals surface area contributed by atoms with Crippen molar-refractivity contribution in [2.45, 2.75) is 38.6 Å². The third kappa shape index (κ3) is 2.28. The fraction of sp³-hybridized carbons (Fsp3) is 0.533. The van der Waals surface area contributed by atoms with Crippen LogP contribution < -0.4 is 5.32 Å². The van der Waals surface area contributed by atoms with E-state index in [4.69, 9.17) is 0 Å². The fourth-order valence-electron chi connectivity index (χ4n) is 2.90. The van der Waals surface area contributed by atoms with Gasteiger partial charge in [-0.3, -0.25) is 0 Å². The lowest BCUT2D eigenvalue weighted by Crippen LogP contribution is -2.24. The van der Waals surface area contributed by atoms with E-state index < -0.39 is 0 Å². The molecule has 20 heavy (non-hydrogen) atoms. The van der Waals surface area contributed by atoms with Gasteiger partial charge in [0.05, 0.1) is 5.69 Å². The van der Waals surface area contributed by atoms with Crippen molar-refractivity contribution in [2.24, 2.45) is 11.8 Å². The van der Waals surface area contributed by atoms with Gasteiger partial charge in [-0.25, -0.2) is 4.68 Å². The molecular formula is C15H19N5. The van der Waals surface area contributed by atoms with Gasteiger partial charge in [0.2, 0.25) is 0 Å². The quantitative estimate of drug-likeness (QED) is 0.906. The van der Waals surface area contributed by atoms with Gasteiger partial charge in [0.25, 0.3) is 0 Å². The largest absolute Gasteiger partial charge is 0.381 e. The topological polar surface area (TPSA) is 55.6 Å². The Labute approximate surface area is 118 Å². The van der Waals surface area contributed by atoms with Gasteiger partial charge in [-0.2, -0.15) is 0 Å². The van der Waals surface area contributed by atoms with E-state index in [1.165, 1.54) is 36.9 Å². The minimum atomic E-state index is 0.665. The number of aromatic nitrogens is 4. The molecule has 0 bridgehead atoms. The average Bonchev–Trinajstić information content (AvgIpc) is 3.38. The second-order valence-electron chi connectivity index (χ2n) is 6.10. The molecule has 0 unspecified atom stereocenters. The summed E-state index contributed by atoms with van der Waals surface area (Å²) in [5, 5.41) is 15.2. The van der Waals surface area contributed by atoms with Crippen LogP contribution in [-0.2, 0) is 0 Å². The molecule has 1 aromatic carbocycles. The highest BCUT2D eigenvalue weighted by Gasteiger charge is 2.41. The monoisotopic (exact) mass is 269 g/mol. The first-order chi connectivity index (χ1) is 9.81. The van der Waals surface area contributed by atoms with Crippen LogP contribution >= 0.6 is 0 Å². The van der Waals surface area contributed by atoms with E-state index in [1.54, 1.807) is 11.0 Å². The van der Waals surface area contributed by atoms with Crippen molar-refractivity contribution in [3.05, 3.63) is 30.1 Å². The third-order valence-corrected chi connectivity index (χ3v) is 4.42. The fourth-order valence-corrected chi connectivity index (χ4v) is 2.90. The van der Waals surface area contributed by atoms with Crippen LogP contribution in [0.3, 0.4) is 0 Å². The Kier molecular flexibility index (Phi) is 2.72. The molecule has 0 saturated heterocycles. The molecule has 0 amide bonds. The van der Waals surface area contributed by atoms with Gasteiger partial charge in [0, 0.05) is 11.7 Å². The van der Waals surface area contributed by atoms with Gasteiger partial charge in [-0.05, 0) is 72.6 Å². The van der Waals surface area contributed by atoms with Gasteiger partial charge in [0.1, 0.15) is 6.33 Å². The second kappa shape index (κ2) is 4.58. The van der Waals surface area contributed by atoms with Crippen molar-refractivity contribution in [2.75, 3.05) is 5.32 Å². The van der Waals surface area contributed by atoms with E-state index >= 15 is 0 Å². The molecule has 2 saturated carbocycles. The van der Waals surface area contributed by atoms with Crippen LogP contribution in [0.4, 0.5) is 5.69 Å². The van der Waals surface area contributed by atoms with Gasteiger partial charge in [-0.15, -0.1) is 5.10 Å². The Morgan fingerprint density at radius 2 is 1.95 bits per heavy atom. The maximum Gasteiger partial charge on any atom is 0.143 e. The molecule has 1 N–H and O–H groups in total. The lowest BCUT2D eigenvalue weighted by Gasteiger charge is -2.21. The summed E-state index contributed by atoms with van der Waals surface area (Å²) < 4.78 is 1.70. The Bertz CT molecular complexity index is 587. The minimum Gasteiger partial charge on any atom is -0.381 e. The van der Waals surface area contributed by atoms with Gasteiger partial charge < -0.3 is 5.32 Å². The number of tetrazole rings is 1. The predicted octanol–water partition coefficient (Wildman–Crippen LogP) is 2.57. The second-order valence-corrected chi connectivity index (χ2v) is 6.10. The number of aryl methyl sites for hydroxylation is 1. The number of hydrogen-bond donors (Lipinski definition) is 1. The molecular weight excluding hydrogens is 250 g/mol. The van der Waals surface area contributed by atoms with Crippen LogP contribution in [0.1, 0.15) is 31.2 Å². The lowest BCUT2D eigenvalue weighted by atomic mass is 10.1. The number of anilines is 1. The zero-order valence-corrected chi connectivity index (χ0v) is 11.7. The Morgan fingerprint density at radius 3 is 2.55 bits per heavy atom. The maximum atomic E-state index is 3.96. The van der Waals surface area contributed by atoms with Crippen LogP contribution in [-0.4, -0.2) is 26.2 Å². The highest BCUT2D eigenvalue weighted by Crippen LogP contribution is 2.46. The lowest BCUT2D eigenvalue weighted by molar-refractivity contribution is 0.567. The predicted molar refractivity (Wildman–Crippen MR) is 76.7 cm³/mol.